The summed E-state index contributed by atoms with van der Waals surface area (Å²) in [5, 5.41) is 4.42. The van der Waals surface area contributed by atoms with Crippen LogP contribution in [-0.2, 0) is 16.0 Å². The molecule has 2 amide bonds. The van der Waals surface area contributed by atoms with Gasteiger partial charge in [0, 0.05) is 18.0 Å². The van der Waals surface area contributed by atoms with E-state index in [0.717, 1.165) is 16.8 Å². The minimum Gasteiger partial charge on any atom is -0.452 e. The molecule has 3 heterocycles. The van der Waals surface area contributed by atoms with Gasteiger partial charge in [0.15, 0.2) is 0 Å². The molecule has 0 spiro atoms. The number of hydrogen-bond acceptors (Lipinski definition) is 6. The number of anilines is 2. The van der Waals surface area contributed by atoms with Crippen LogP contribution in [0.4, 0.5) is 21.0 Å². The largest absolute Gasteiger partial charge is 0.452 e. The Bertz CT molecular complexity index is 1110. The summed E-state index contributed by atoms with van der Waals surface area (Å²) in [6, 6.07) is 5.31. The molecule has 32 heavy (non-hydrogen) atoms. The zero-order valence-corrected chi connectivity index (χ0v) is 18.5. The van der Waals surface area contributed by atoms with E-state index in [9.17, 15) is 9.59 Å². The van der Waals surface area contributed by atoms with E-state index in [2.05, 4.69) is 15.1 Å². The first kappa shape index (κ1) is 21.4. The van der Waals surface area contributed by atoms with Crippen molar-refractivity contribution in [3.8, 4) is 11.1 Å². The fraction of sp³-hybridized carbons (Fsp3) is 0.364. The molecule has 1 aromatic carbocycles. The zero-order valence-electron chi connectivity index (χ0n) is 18.5. The fourth-order valence-electron chi connectivity index (χ4n) is 3.76. The summed E-state index contributed by atoms with van der Waals surface area (Å²) in [7, 11) is 1.34. The molecule has 0 fully saturated rings. The highest BCUT2D eigenvalue weighted by Gasteiger charge is 2.36. The lowest BCUT2D eigenvalue weighted by atomic mass is 10.0. The minimum absolute atomic E-state index is 0.260. The van der Waals surface area contributed by atoms with Gasteiger partial charge in [-0.15, -0.1) is 0 Å². The van der Waals surface area contributed by atoms with Crippen molar-refractivity contribution in [3.05, 3.63) is 48.8 Å². The van der Waals surface area contributed by atoms with Crippen molar-refractivity contribution in [2.75, 3.05) is 23.5 Å². The van der Waals surface area contributed by atoms with Crippen LogP contribution in [0.1, 0.15) is 26.5 Å². The maximum absolute atomic E-state index is 12.8. The molecule has 0 saturated carbocycles. The second-order valence-corrected chi connectivity index (χ2v) is 7.94. The number of fused-ring (bicyclic) bond motifs is 1. The van der Waals surface area contributed by atoms with Gasteiger partial charge in [-0.2, -0.15) is 5.10 Å². The molecule has 1 aliphatic rings. The molecule has 0 saturated heterocycles. The summed E-state index contributed by atoms with van der Waals surface area (Å²) in [6.45, 7) is 6.32. The molecular formula is C22H26N6O4. The second-order valence-electron chi connectivity index (χ2n) is 7.94. The Kier molecular flexibility index (Phi) is 5.85. The van der Waals surface area contributed by atoms with Gasteiger partial charge < -0.3 is 14.5 Å². The number of ether oxygens (including phenoxy) is 2. The van der Waals surface area contributed by atoms with Crippen LogP contribution in [0.15, 0.2) is 43.1 Å². The molecule has 0 aliphatic carbocycles. The van der Waals surface area contributed by atoms with Crippen molar-refractivity contribution < 1.29 is 19.1 Å². The first-order valence-electron chi connectivity index (χ1n) is 10.4. The van der Waals surface area contributed by atoms with Crippen molar-refractivity contribution in [1.82, 2.24) is 19.7 Å². The third-order valence-corrected chi connectivity index (χ3v) is 5.20. The van der Waals surface area contributed by atoms with Crippen LogP contribution in [0.2, 0.25) is 0 Å². The SMILES string of the molecule is COC(=O)N1c2ccc(-c3cnn(Cc4cnc[nH]4)c3)cc2N(C(=O)OC(C)C)CC1C. The lowest BCUT2D eigenvalue weighted by Crippen LogP contribution is -2.52. The quantitative estimate of drug-likeness (QED) is 0.667. The van der Waals surface area contributed by atoms with Gasteiger partial charge in [0.2, 0.25) is 0 Å². The normalized spacial score (nSPS) is 15.6. The van der Waals surface area contributed by atoms with Gasteiger partial charge in [-0.05, 0) is 38.5 Å². The highest BCUT2D eigenvalue weighted by atomic mass is 16.6. The number of aromatic amines is 1. The Hall–Kier alpha value is -3.82. The van der Waals surface area contributed by atoms with Crippen molar-refractivity contribution in [2.24, 2.45) is 0 Å². The summed E-state index contributed by atoms with van der Waals surface area (Å²) in [5.41, 5.74) is 3.85. The average Bonchev–Trinajstić information content (AvgIpc) is 3.44. The van der Waals surface area contributed by atoms with Gasteiger partial charge in [0.05, 0.1) is 61.9 Å². The Balaban J connectivity index is 1.71. The van der Waals surface area contributed by atoms with Gasteiger partial charge in [-0.25, -0.2) is 14.6 Å². The summed E-state index contributed by atoms with van der Waals surface area (Å²) < 4.78 is 12.2. The number of nitrogens with zero attached hydrogens (tertiary/aromatic N) is 5. The number of methoxy groups -OCH3 is 1. The van der Waals surface area contributed by atoms with Crippen molar-refractivity contribution >= 4 is 23.6 Å². The Morgan fingerprint density at radius 1 is 1.19 bits per heavy atom. The number of hydrogen-bond donors (Lipinski definition) is 1. The van der Waals surface area contributed by atoms with Crippen LogP contribution >= 0.6 is 0 Å². The number of imidazole rings is 1. The number of rotatable bonds is 4. The van der Waals surface area contributed by atoms with E-state index in [-0.39, 0.29) is 18.7 Å². The zero-order chi connectivity index (χ0) is 22.8. The Morgan fingerprint density at radius 3 is 2.69 bits per heavy atom. The van der Waals surface area contributed by atoms with Gasteiger partial charge >= 0.3 is 12.2 Å². The highest BCUT2D eigenvalue weighted by molar-refractivity contribution is 6.01. The van der Waals surface area contributed by atoms with Gasteiger partial charge in [-0.1, -0.05) is 6.07 Å². The summed E-state index contributed by atoms with van der Waals surface area (Å²) in [6.07, 6.45) is 5.87. The van der Waals surface area contributed by atoms with E-state index in [0.29, 0.717) is 17.9 Å². The molecule has 0 radical (unpaired) electrons. The Labute approximate surface area is 185 Å². The predicted molar refractivity (Wildman–Crippen MR) is 119 cm³/mol. The molecule has 168 valence electrons. The van der Waals surface area contributed by atoms with Gasteiger partial charge in [0.1, 0.15) is 0 Å². The fourth-order valence-corrected chi connectivity index (χ4v) is 3.76. The molecule has 2 aromatic heterocycles. The lowest BCUT2D eigenvalue weighted by Gasteiger charge is -2.40. The highest BCUT2D eigenvalue weighted by Crippen LogP contribution is 2.39. The van der Waals surface area contributed by atoms with Crippen LogP contribution in [0.3, 0.4) is 0 Å². The van der Waals surface area contributed by atoms with E-state index < -0.39 is 12.2 Å². The molecule has 4 rings (SSSR count). The second kappa shape index (κ2) is 8.74. The van der Waals surface area contributed by atoms with Gasteiger partial charge in [-0.3, -0.25) is 14.5 Å². The molecule has 1 unspecified atom stereocenters. The van der Waals surface area contributed by atoms with E-state index in [1.165, 1.54) is 7.11 Å². The third-order valence-electron chi connectivity index (χ3n) is 5.20. The molecule has 10 nitrogen and oxygen atoms in total. The standard InChI is InChI=1S/C22H26N6O4/c1-14(2)32-21(29)27-10-15(3)28(22(30)31-4)19-6-5-16(7-20(19)27)17-8-25-26(11-17)12-18-9-23-13-24-18/h5-9,11,13-15H,10,12H2,1-4H3,(H,23,24). The van der Waals surface area contributed by atoms with Crippen molar-refractivity contribution in [3.63, 3.8) is 0 Å². The van der Waals surface area contributed by atoms with E-state index >= 15 is 0 Å². The monoisotopic (exact) mass is 438 g/mol. The van der Waals surface area contributed by atoms with Crippen molar-refractivity contribution in [1.29, 1.82) is 0 Å². The summed E-state index contributed by atoms with van der Waals surface area (Å²) in [4.78, 5) is 35.5. The van der Waals surface area contributed by atoms with Crippen LogP contribution in [0, 0.1) is 0 Å². The van der Waals surface area contributed by atoms with Gasteiger partial charge in [0.25, 0.3) is 0 Å². The minimum atomic E-state index is -0.476. The molecule has 1 N–H and O–H groups in total. The number of amides is 2. The number of H-pyrrole nitrogens is 1. The predicted octanol–water partition coefficient (Wildman–Crippen LogP) is 3.65. The summed E-state index contributed by atoms with van der Waals surface area (Å²) in [5.74, 6) is 0. The van der Waals surface area contributed by atoms with Crippen LogP contribution in [0.25, 0.3) is 11.1 Å². The van der Waals surface area contributed by atoms with E-state index in [4.69, 9.17) is 9.47 Å². The molecule has 1 aliphatic heterocycles. The number of carbonyl (C=O) groups excluding carboxylic acids is 2. The lowest BCUT2D eigenvalue weighted by molar-refractivity contribution is 0.121. The first-order valence-corrected chi connectivity index (χ1v) is 10.4. The van der Waals surface area contributed by atoms with Crippen LogP contribution in [-0.4, -0.2) is 57.7 Å². The number of aromatic nitrogens is 4. The van der Waals surface area contributed by atoms with Crippen LogP contribution in [0.5, 0.6) is 0 Å². The third kappa shape index (κ3) is 4.16. The molecule has 3 aromatic rings. The molecule has 10 heteroatoms. The van der Waals surface area contributed by atoms with Crippen LogP contribution < -0.4 is 9.80 Å². The average molecular weight is 438 g/mol. The molecule has 1 atom stereocenters. The Morgan fingerprint density at radius 2 is 2.00 bits per heavy atom. The number of carbonyl (C=O) groups is 2. The van der Waals surface area contributed by atoms with Crippen molar-refractivity contribution in [2.45, 2.75) is 39.5 Å². The number of nitrogens with one attached hydrogen (secondary N) is 1. The number of benzene rings is 1. The smallest absolute Gasteiger partial charge is 0.414 e. The summed E-state index contributed by atoms with van der Waals surface area (Å²) >= 11 is 0. The van der Waals surface area contributed by atoms with E-state index in [1.54, 1.807) is 47.1 Å². The maximum Gasteiger partial charge on any atom is 0.414 e. The molecule has 0 bridgehead atoms. The first-order chi connectivity index (χ1) is 15.4. The maximum atomic E-state index is 12.8. The topological polar surface area (TPSA) is 106 Å². The molecular weight excluding hydrogens is 412 g/mol. The van der Waals surface area contributed by atoms with E-state index in [1.807, 2.05) is 31.3 Å².